The first-order valence-electron chi connectivity index (χ1n) is 7.10. The molecule has 3 N–H and O–H groups in total. The molecule has 2 aromatic carbocycles. The number of hydrogen-bond acceptors (Lipinski definition) is 5. The van der Waals surface area contributed by atoms with Gasteiger partial charge in [0, 0.05) is 24.4 Å². The Morgan fingerprint density at radius 3 is 2.48 bits per heavy atom. The van der Waals surface area contributed by atoms with Crippen molar-refractivity contribution < 1.29 is 14.5 Å². The van der Waals surface area contributed by atoms with Crippen LogP contribution in [0.2, 0.25) is 0 Å². The summed E-state index contributed by atoms with van der Waals surface area (Å²) in [5, 5.41) is 18.6. The molecule has 2 amide bonds. The number of nitro benzene ring substituents is 1. The van der Waals surface area contributed by atoms with Gasteiger partial charge in [0.1, 0.15) is 5.56 Å². The second-order valence-corrected chi connectivity index (χ2v) is 5.25. The van der Waals surface area contributed by atoms with Crippen molar-refractivity contribution in [3.05, 3.63) is 69.8 Å². The van der Waals surface area contributed by atoms with E-state index in [2.05, 4.69) is 16.0 Å². The van der Waals surface area contributed by atoms with E-state index in [1.807, 2.05) is 0 Å². The summed E-state index contributed by atoms with van der Waals surface area (Å²) in [6.07, 6.45) is 0. The summed E-state index contributed by atoms with van der Waals surface area (Å²) < 4.78 is 0. The van der Waals surface area contributed by atoms with Crippen LogP contribution in [0.5, 0.6) is 0 Å². The Morgan fingerprint density at radius 2 is 1.80 bits per heavy atom. The molecular formula is C16H14N4O4S. The van der Waals surface area contributed by atoms with Gasteiger partial charge in [-0.3, -0.25) is 25.0 Å². The number of nitrogens with zero attached hydrogens (tertiary/aromatic N) is 1. The zero-order valence-electron chi connectivity index (χ0n) is 13.1. The fourth-order valence-electron chi connectivity index (χ4n) is 2.04. The van der Waals surface area contributed by atoms with Crippen LogP contribution in [0.4, 0.5) is 11.4 Å². The molecule has 0 heterocycles. The van der Waals surface area contributed by atoms with E-state index in [9.17, 15) is 19.7 Å². The number of nitro groups is 1. The Bertz CT molecular complexity index is 854. The number of carbonyl (C=O) groups excluding carboxylic acids is 2. The quantitative estimate of drug-likeness (QED) is 0.438. The van der Waals surface area contributed by atoms with Crippen molar-refractivity contribution in [3.63, 3.8) is 0 Å². The van der Waals surface area contributed by atoms with Gasteiger partial charge in [0.15, 0.2) is 5.11 Å². The lowest BCUT2D eigenvalue weighted by atomic mass is 10.1. The normalized spacial score (nSPS) is 9.80. The van der Waals surface area contributed by atoms with Crippen molar-refractivity contribution in [2.75, 3.05) is 12.4 Å². The fourth-order valence-corrected chi connectivity index (χ4v) is 2.25. The lowest BCUT2D eigenvalue weighted by Crippen LogP contribution is -2.34. The highest BCUT2D eigenvalue weighted by Gasteiger charge is 2.19. The molecule has 0 atom stereocenters. The molecule has 0 spiro atoms. The molecule has 0 bridgehead atoms. The summed E-state index contributed by atoms with van der Waals surface area (Å²) in [5.74, 6) is -0.967. The monoisotopic (exact) mass is 358 g/mol. The van der Waals surface area contributed by atoms with Crippen LogP contribution in [-0.4, -0.2) is 28.9 Å². The molecule has 0 fully saturated rings. The van der Waals surface area contributed by atoms with Crippen LogP contribution in [0, 0.1) is 10.1 Å². The fraction of sp³-hybridized carbons (Fsp3) is 0.0625. The summed E-state index contributed by atoms with van der Waals surface area (Å²) in [5.41, 5.74) is 0.495. The van der Waals surface area contributed by atoms with E-state index in [1.54, 1.807) is 24.3 Å². The largest absolute Gasteiger partial charge is 0.355 e. The number of carbonyl (C=O) groups is 2. The number of benzene rings is 2. The van der Waals surface area contributed by atoms with Crippen molar-refractivity contribution >= 4 is 40.5 Å². The van der Waals surface area contributed by atoms with Crippen molar-refractivity contribution in [1.29, 1.82) is 0 Å². The number of para-hydroxylation sites is 1. The lowest BCUT2D eigenvalue weighted by molar-refractivity contribution is -0.385. The Balaban J connectivity index is 2.09. The number of amides is 2. The summed E-state index contributed by atoms with van der Waals surface area (Å²) in [4.78, 5) is 34.1. The third-order valence-electron chi connectivity index (χ3n) is 3.18. The number of nitrogens with one attached hydrogen (secondary N) is 3. The molecule has 8 nitrogen and oxygen atoms in total. The molecular weight excluding hydrogens is 344 g/mol. The Morgan fingerprint density at radius 1 is 1.08 bits per heavy atom. The molecule has 0 saturated carbocycles. The molecule has 25 heavy (non-hydrogen) atoms. The molecule has 0 radical (unpaired) electrons. The minimum absolute atomic E-state index is 0.0443. The lowest BCUT2D eigenvalue weighted by Gasteiger charge is -2.10. The van der Waals surface area contributed by atoms with E-state index >= 15 is 0 Å². The molecule has 0 aliphatic rings. The summed E-state index contributed by atoms with van der Waals surface area (Å²) >= 11 is 5.05. The average Bonchev–Trinajstić information content (AvgIpc) is 2.61. The van der Waals surface area contributed by atoms with Crippen LogP contribution < -0.4 is 16.0 Å². The van der Waals surface area contributed by atoms with E-state index in [0.29, 0.717) is 11.3 Å². The number of anilines is 1. The maximum atomic E-state index is 12.2. The highest BCUT2D eigenvalue weighted by molar-refractivity contribution is 7.80. The van der Waals surface area contributed by atoms with Gasteiger partial charge in [-0.25, -0.2) is 0 Å². The second kappa shape index (κ2) is 7.97. The van der Waals surface area contributed by atoms with Crippen LogP contribution in [-0.2, 0) is 0 Å². The van der Waals surface area contributed by atoms with Gasteiger partial charge in [-0.05, 0) is 36.5 Å². The predicted octanol–water partition coefficient (Wildman–Crippen LogP) is 2.08. The van der Waals surface area contributed by atoms with E-state index in [4.69, 9.17) is 12.2 Å². The van der Waals surface area contributed by atoms with Crippen molar-refractivity contribution in [1.82, 2.24) is 10.6 Å². The van der Waals surface area contributed by atoms with Gasteiger partial charge in [-0.1, -0.05) is 18.2 Å². The molecule has 0 aromatic heterocycles. The van der Waals surface area contributed by atoms with Gasteiger partial charge in [0.2, 0.25) is 0 Å². The van der Waals surface area contributed by atoms with Crippen LogP contribution >= 0.6 is 12.2 Å². The van der Waals surface area contributed by atoms with Crippen LogP contribution in [0.25, 0.3) is 0 Å². The smallest absolute Gasteiger partial charge is 0.282 e. The van der Waals surface area contributed by atoms with Crippen LogP contribution in [0.1, 0.15) is 20.7 Å². The minimum Gasteiger partial charge on any atom is -0.355 e. The molecule has 0 saturated heterocycles. The zero-order valence-corrected chi connectivity index (χ0v) is 13.9. The maximum Gasteiger partial charge on any atom is 0.282 e. The molecule has 0 aliphatic carbocycles. The van der Waals surface area contributed by atoms with Gasteiger partial charge >= 0.3 is 0 Å². The zero-order chi connectivity index (χ0) is 18.4. The molecule has 0 unspecified atom stereocenters. The highest BCUT2D eigenvalue weighted by atomic mass is 32.1. The summed E-state index contributed by atoms with van der Waals surface area (Å²) in [6.45, 7) is 0. The average molecular weight is 358 g/mol. The van der Waals surface area contributed by atoms with E-state index in [0.717, 1.165) is 0 Å². The Labute approximate surface area is 148 Å². The first-order chi connectivity index (χ1) is 11.9. The predicted molar refractivity (Wildman–Crippen MR) is 96.6 cm³/mol. The molecule has 2 rings (SSSR count). The van der Waals surface area contributed by atoms with E-state index in [1.165, 1.54) is 31.3 Å². The van der Waals surface area contributed by atoms with Gasteiger partial charge in [0.25, 0.3) is 17.5 Å². The third-order valence-corrected chi connectivity index (χ3v) is 3.39. The molecule has 9 heteroatoms. The standard InChI is InChI=1S/C16H14N4O4S/c1-17-14(21)10-5-4-6-11(9-10)18-16(25)19-15(22)12-7-2-3-8-13(12)20(23)24/h2-9H,1H3,(H,17,21)(H2,18,19,22,25). The Kier molecular flexibility index (Phi) is 5.75. The summed E-state index contributed by atoms with van der Waals surface area (Å²) in [7, 11) is 1.51. The third kappa shape index (κ3) is 4.58. The first kappa shape index (κ1) is 18.0. The Hall–Kier alpha value is -3.33. The molecule has 0 aliphatic heterocycles. The van der Waals surface area contributed by atoms with Crippen molar-refractivity contribution in [2.24, 2.45) is 0 Å². The van der Waals surface area contributed by atoms with Gasteiger partial charge in [-0.2, -0.15) is 0 Å². The first-order valence-corrected chi connectivity index (χ1v) is 7.51. The molecule has 128 valence electrons. The van der Waals surface area contributed by atoms with Crippen molar-refractivity contribution in [2.45, 2.75) is 0 Å². The molecule has 2 aromatic rings. The number of rotatable bonds is 4. The number of thiocarbonyl (C=S) groups is 1. The van der Waals surface area contributed by atoms with Gasteiger partial charge < -0.3 is 10.6 Å². The maximum absolute atomic E-state index is 12.2. The van der Waals surface area contributed by atoms with Crippen LogP contribution in [0.3, 0.4) is 0 Å². The SMILES string of the molecule is CNC(=O)c1cccc(NC(=S)NC(=O)c2ccccc2[N+](=O)[O-])c1. The van der Waals surface area contributed by atoms with Gasteiger partial charge in [0.05, 0.1) is 4.92 Å². The van der Waals surface area contributed by atoms with E-state index in [-0.39, 0.29) is 22.3 Å². The highest BCUT2D eigenvalue weighted by Crippen LogP contribution is 2.17. The topological polar surface area (TPSA) is 113 Å². The second-order valence-electron chi connectivity index (χ2n) is 4.84. The minimum atomic E-state index is -0.702. The summed E-state index contributed by atoms with van der Waals surface area (Å²) in [6, 6.07) is 12.1. The van der Waals surface area contributed by atoms with Crippen LogP contribution in [0.15, 0.2) is 48.5 Å². The van der Waals surface area contributed by atoms with Crippen molar-refractivity contribution in [3.8, 4) is 0 Å². The number of hydrogen-bond donors (Lipinski definition) is 3. The van der Waals surface area contributed by atoms with E-state index < -0.39 is 10.8 Å². The van der Waals surface area contributed by atoms with Gasteiger partial charge in [-0.15, -0.1) is 0 Å².